The molecule has 3 N–H and O–H groups in total. The van der Waals surface area contributed by atoms with Gasteiger partial charge in [0, 0.05) is 6.04 Å². The van der Waals surface area contributed by atoms with Crippen molar-refractivity contribution in [3.05, 3.63) is 35.4 Å². The Labute approximate surface area is 99.2 Å². The van der Waals surface area contributed by atoms with E-state index in [1.165, 1.54) is 11.1 Å². The third kappa shape index (κ3) is 3.06. The van der Waals surface area contributed by atoms with Gasteiger partial charge in [-0.1, -0.05) is 38.1 Å². The lowest BCUT2D eigenvalue weighted by Crippen LogP contribution is -2.33. The summed E-state index contributed by atoms with van der Waals surface area (Å²) >= 11 is 0. The van der Waals surface area contributed by atoms with Crippen LogP contribution in [-0.4, -0.2) is 13.6 Å². The van der Waals surface area contributed by atoms with E-state index in [1.54, 1.807) is 0 Å². The molecule has 2 nitrogen and oxygen atoms in total. The van der Waals surface area contributed by atoms with Gasteiger partial charge >= 0.3 is 0 Å². The molecular formula is C14H24N2. The molecule has 0 amide bonds. The maximum Gasteiger partial charge on any atom is 0.0340 e. The van der Waals surface area contributed by atoms with Gasteiger partial charge in [0.1, 0.15) is 0 Å². The summed E-state index contributed by atoms with van der Waals surface area (Å²) in [6, 6.07) is 8.53. The van der Waals surface area contributed by atoms with Crippen LogP contribution < -0.4 is 11.1 Å². The van der Waals surface area contributed by atoms with Gasteiger partial charge in [-0.25, -0.2) is 0 Å². The standard InChI is InChI=1S/C14H24N2/c1-10(2)13(9-16-4)14(15)12-8-6-5-7-11(12)3/h5-8,10,13-14,16H,9,15H2,1-4H3. The summed E-state index contributed by atoms with van der Waals surface area (Å²) in [6.07, 6.45) is 0. The highest BCUT2D eigenvalue weighted by Crippen LogP contribution is 2.27. The average molecular weight is 220 g/mol. The molecule has 90 valence electrons. The highest BCUT2D eigenvalue weighted by molar-refractivity contribution is 5.29. The minimum atomic E-state index is 0.119. The monoisotopic (exact) mass is 220 g/mol. The summed E-state index contributed by atoms with van der Waals surface area (Å²) in [4.78, 5) is 0. The first kappa shape index (κ1) is 13.2. The number of nitrogens with two attached hydrogens (primary N) is 1. The fraction of sp³-hybridized carbons (Fsp3) is 0.571. The van der Waals surface area contributed by atoms with E-state index in [0.29, 0.717) is 11.8 Å². The lowest BCUT2D eigenvalue weighted by Gasteiger charge is -2.28. The van der Waals surface area contributed by atoms with Crippen LogP contribution in [0.1, 0.15) is 31.0 Å². The maximum absolute atomic E-state index is 6.39. The first-order valence-corrected chi connectivity index (χ1v) is 6.03. The van der Waals surface area contributed by atoms with E-state index in [0.717, 1.165) is 6.54 Å². The van der Waals surface area contributed by atoms with Crippen molar-refractivity contribution in [2.24, 2.45) is 17.6 Å². The minimum Gasteiger partial charge on any atom is -0.324 e. The van der Waals surface area contributed by atoms with E-state index in [9.17, 15) is 0 Å². The number of aryl methyl sites for hydroxylation is 1. The molecule has 0 saturated heterocycles. The van der Waals surface area contributed by atoms with Crippen LogP contribution in [0.4, 0.5) is 0 Å². The third-order valence-electron chi connectivity index (χ3n) is 3.30. The molecule has 2 atom stereocenters. The molecule has 16 heavy (non-hydrogen) atoms. The number of nitrogens with one attached hydrogen (secondary N) is 1. The molecule has 0 bridgehead atoms. The molecule has 0 saturated carbocycles. The van der Waals surface area contributed by atoms with Crippen LogP contribution in [0.15, 0.2) is 24.3 Å². The zero-order valence-electron chi connectivity index (χ0n) is 10.8. The highest BCUT2D eigenvalue weighted by Gasteiger charge is 2.22. The lowest BCUT2D eigenvalue weighted by atomic mass is 9.83. The Morgan fingerprint density at radius 1 is 1.25 bits per heavy atom. The van der Waals surface area contributed by atoms with Crippen molar-refractivity contribution in [2.75, 3.05) is 13.6 Å². The molecule has 0 heterocycles. The van der Waals surface area contributed by atoms with Gasteiger partial charge in [-0.05, 0) is 43.5 Å². The van der Waals surface area contributed by atoms with Crippen LogP contribution >= 0.6 is 0 Å². The summed E-state index contributed by atoms with van der Waals surface area (Å²) in [5, 5.41) is 3.24. The molecule has 0 aliphatic heterocycles. The second-order valence-electron chi connectivity index (χ2n) is 4.85. The quantitative estimate of drug-likeness (QED) is 0.800. The van der Waals surface area contributed by atoms with Crippen LogP contribution in [-0.2, 0) is 0 Å². The van der Waals surface area contributed by atoms with Gasteiger partial charge in [-0.2, -0.15) is 0 Å². The first-order chi connectivity index (χ1) is 7.57. The Balaban J connectivity index is 2.90. The number of hydrogen-bond acceptors (Lipinski definition) is 2. The topological polar surface area (TPSA) is 38.0 Å². The van der Waals surface area contributed by atoms with E-state index in [4.69, 9.17) is 5.73 Å². The molecule has 1 aromatic carbocycles. The summed E-state index contributed by atoms with van der Waals surface area (Å²) < 4.78 is 0. The molecular weight excluding hydrogens is 196 g/mol. The smallest absolute Gasteiger partial charge is 0.0340 e. The Hall–Kier alpha value is -0.860. The van der Waals surface area contributed by atoms with Crippen LogP contribution in [0.5, 0.6) is 0 Å². The van der Waals surface area contributed by atoms with Crippen molar-refractivity contribution in [1.82, 2.24) is 5.32 Å². The molecule has 2 unspecified atom stereocenters. The minimum absolute atomic E-state index is 0.119. The highest BCUT2D eigenvalue weighted by atomic mass is 14.8. The maximum atomic E-state index is 6.39. The van der Waals surface area contributed by atoms with Gasteiger partial charge in [0.25, 0.3) is 0 Å². The van der Waals surface area contributed by atoms with E-state index in [2.05, 4.69) is 50.4 Å². The summed E-state index contributed by atoms with van der Waals surface area (Å²) in [5.41, 5.74) is 8.95. The van der Waals surface area contributed by atoms with Crippen molar-refractivity contribution >= 4 is 0 Å². The van der Waals surface area contributed by atoms with Gasteiger partial charge in [0.05, 0.1) is 0 Å². The number of hydrogen-bond donors (Lipinski definition) is 2. The van der Waals surface area contributed by atoms with Crippen molar-refractivity contribution in [3.63, 3.8) is 0 Å². The predicted octanol–water partition coefficient (Wildman–Crippen LogP) is 2.49. The molecule has 0 aliphatic rings. The van der Waals surface area contributed by atoms with E-state index < -0.39 is 0 Å². The summed E-state index contributed by atoms with van der Waals surface area (Å²) in [7, 11) is 1.99. The molecule has 1 aromatic rings. The Bertz CT molecular complexity index is 320. The van der Waals surface area contributed by atoms with Gasteiger partial charge in [0.2, 0.25) is 0 Å². The van der Waals surface area contributed by atoms with Crippen molar-refractivity contribution in [3.8, 4) is 0 Å². The predicted molar refractivity (Wildman–Crippen MR) is 70.4 cm³/mol. The normalized spacial score (nSPS) is 15.1. The Morgan fingerprint density at radius 3 is 2.38 bits per heavy atom. The molecule has 0 fully saturated rings. The van der Waals surface area contributed by atoms with E-state index in [-0.39, 0.29) is 6.04 Å². The van der Waals surface area contributed by atoms with Gasteiger partial charge in [0.15, 0.2) is 0 Å². The fourth-order valence-corrected chi connectivity index (χ4v) is 2.20. The van der Waals surface area contributed by atoms with Crippen molar-refractivity contribution in [1.29, 1.82) is 0 Å². The average Bonchev–Trinajstić information content (AvgIpc) is 2.25. The second-order valence-corrected chi connectivity index (χ2v) is 4.85. The Kier molecular flexibility index (Phi) is 4.97. The molecule has 0 aliphatic carbocycles. The number of rotatable bonds is 5. The fourth-order valence-electron chi connectivity index (χ4n) is 2.20. The molecule has 1 rings (SSSR count). The molecule has 0 aromatic heterocycles. The number of benzene rings is 1. The Morgan fingerprint density at radius 2 is 1.88 bits per heavy atom. The molecule has 0 radical (unpaired) electrons. The molecule has 2 heteroatoms. The largest absolute Gasteiger partial charge is 0.324 e. The van der Waals surface area contributed by atoms with Crippen LogP contribution in [0, 0.1) is 18.8 Å². The van der Waals surface area contributed by atoms with Crippen LogP contribution in [0.25, 0.3) is 0 Å². The lowest BCUT2D eigenvalue weighted by molar-refractivity contribution is 0.313. The summed E-state index contributed by atoms with van der Waals surface area (Å²) in [5.74, 6) is 1.06. The SMILES string of the molecule is CNCC(C(C)C)C(N)c1ccccc1C. The van der Waals surface area contributed by atoms with Crippen molar-refractivity contribution < 1.29 is 0 Å². The van der Waals surface area contributed by atoms with Gasteiger partial charge in [-0.3, -0.25) is 0 Å². The third-order valence-corrected chi connectivity index (χ3v) is 3.30. The van der Waals surface area contributed by atoms with E-state index in [1.807, 2.05) is 7.05 Å². The van der Waals surface area contributed by atoms with Crippen molar-refractivity contribution in [2.45, 2.75) is 26.8 Å². The summed E-state index contributed by atoms with van der Waals surface area (Å²) in [6.45, 7) is 7.57. The van der Waals surface area contributed by atoms with E-state index >= 15 is 0 Å². The van der Waals surface area contributed by atoms with Crippen LogP contribution in [0.2, 0.25) is 0 Å². The zero-order chi connectivity index (χ0) is 12.1. The molecule has 0 spiro atoms. The van der Waals surface area contributed by atoms with Gasteiger partial charge < -0.3 is 11.1 Å². The zero-order valence-corrected chi connectivity index (χ0v) is 10.8. The van der Waals surface area contributed by atoms with Gasteiger partial charge in [-0.15, -0.1) is 0 Å². The second kappa shape index (κ2) is 6.02. The van der Waals surface area contributed by atoms with Crippen LogP contribution in [0.3, 0.4) is 0 Å². The first-order valence-electron chi connectivity index (χ1n) is 6.03.